The summed E-state index contributed by atoms with van der Waals surface area (Å²) < 4.78 is 27.9. The molecule has 2 aromatic carbocycles. The number of ether oxygens (including phenoxy) is 2. The third-order valence-electron chi connectivity index (χ3n) is 2.66. The Morgan fingerprint density at radius 1 is 0.950 bits per heavy atom. The molecular weight excluding hydrogens is 279 g/mol. The fraction of sp³-hybridized carbons (Fsp3) is 0.143. The van der Waals surface area contributed by atoms with Gasteiger partial charge in [0, 0.05) is 0 Å². The summed E-state index contributed by atoms with van der Waals surface area (Å²) in [5, 5.41) is 0.0585. The Hall–Kier alpha value is -1.97. The predicted molar refractivity (Wildman–Crippen MR) is 76.1 cm³/mol. The highest BCUT2D eigenvalue weighted by atomic mass is 31.2. The zero-order valence-corrected chi connectivity index (χ0v) is 12.0. The normalized spacial score (nSPS) is 13.3. The Bertz CT molecular complexity index is 627. The lowest BCUT2D eigenvalue weighted by Gasteiger charge is -2.17. The van der Waals surface area contributed by atoms with Crippen LogP contribution >= 0.6 is 7.60 Å². The lowest BCUT2D eigenvalue weighted by atomic mass is 10.3. The van der Waals surface area contributed by atoms with E-state index in [-0.39, 0.29) is 11.1 Å². The van der Waals surface area contributed by atoms with Crippen molar-refractivity contribution in [3.05, 3.63) is 48.5 Å². The average molecular weight is 294 g/mol. The topological polar surface area (TPSA) is 65.0 Å². The second-order valence-electron chi connectivity index (χ2n) is 3.94. The Balaban J connectivity index is 2.41. The van der Waals surface area contributed by atoms with Crippen molar-refractivity contribution in [2.24, 2.45) is 0 Å². The Morgan fingerprint density at radius 2 is 1.65 bits per heavy atom. The van der Waals surface area contributed by atoms with E-state index in [2.05, 4.69) is 0 Å². The number of hydrogen-bond donors (Lipinski definition) is 1. The van der Waals surface area contributed by atoms with Crippen molar-refractivity contribution in [2.45, 2.75) is 0 Å². The van der Waals surface area contributed by atoms with Crippen molar-refractivity contribution in [3.8, 4) is 17.2 Å². The van der Waals surface area contributed by atoms with Gasteiger partial charge in [0.25, 0.3) is 0 Å². The summed E-state index contributed by atoms with van der Waals surface area (Å²) in [6.45, 7) is 0. The van der Waals surface area contributed by atoms with E-state index in [0.29, 0.717) is 11.5 Å². The molecule has 0 saturated carbocycles. The number of para-hydroxylation sites is 2. The van der Waals surface area contributed by atoms with Gasteiger partial charge in [-0.2, -0.15) is 0 Å². The molecular formula is C14H15O5P. The van der Waals surface area contributed by atoms with Crippen molar-refractivity contribution in [3.63, 3.8) is 0 Å². The van der Waals surface area contributed by atoms with E-state index in [1.165, 1.54) is 20.3 Å². The van der Waals surface area contributed by atoms with Gasteiger partial charge in [-0.15, -0.1) is 0 Å². The zero-order valence-electron chi connectivity index (χ0n) is 11.1. The monoisotopic (exact) mass is 294 g/mol. The maximum Gasteiger partial charge on any atom is 0.412 e. The van der Waals surface area contributed by atoms with E-state index < -0.39 is 7.60 Å². The molecule has 1 N–H and O–H groups in total. The number of rotatable bonds is 5. The molecule has 1 unspecified atom stereocenters. The van der Waals surface area contributed by atoms with Gasteiger partial charge in [-0.05, 0) is 24.3 Å². The fourth-order valence-corrected chi connectivity index (χ4v) is 3.00. The first-order valence-corrected chi connectivity index (χ1v) is 7.45. The smallest absolute Gasteiger partial charge is 0.412 e. The largest absolute Gasteiger partial charge is 0.493 e. The molecule has 0 fully saturated rings. The number of benzene rings is 2. The van der Waals surface area contributed by atoms with Gasteiger partial charge in [-0.3, -0.25) is 0 Å². The van der Waals surface area contributed by atoms with Crippen molar-refractivity contribution in [1.82, 2.24) is 0 Å². The van der Waals surface area contributed by atoms with Gasteiger partial charge in [0.1, 0.15) is 11.1 Å². The van der Waals surface area contributed by atoms with E-state index in [0.717, 1.165) is 0 Å². The molecule has 1 atom stereocenters. The third-order valence-corrected chi connectivity index (χ3v) is 4.08. The van der Waals surface area contributed by atoms with Gasteiger partial charge < -0.3 is 18.9 Å². The summed E-state index contributed by atoms with van der Waals surface area (Å²) in [6, 6.07) is 13.2. The van der Waals surface area contributed by atoms with Crippen LogP contribution in [-0.4, -0.2) is 19.1 Å². The first kappa shape index (κ1) is 14.4. The van der Waals surface area contributed by atoms with Gasteiger partial charge >= 0.3 is 7.60 Å². The highest BCUT2D eigenvalue weighted by Crippen LogP contribution is 2.46. The molecule has 20 heavy (non-hydrogen) atoms. The molecule has 0 spiro atoms. The number of methoxy groups -OCH3 is 2. The second kappa shape index (κ2) is 5.99. The molecule has 2 rings (SSSR count). The van der Waals surface area contributed by atoms with Crippen molar-refractivity contribution >= 4 is 12.9 Å². The molecule has 0 aliphatic heterocycles. The first-order chi connectivity index (χ1) is 9.58. The van der Waals surface area contributed by atoms with Gasteiger partial charge in [0.05, 0.1) is 14.2 Å². The Kier molecular flexibility index (Phi) is 4.32. The zero-order chi connectivity index (χ0) is 14.6. The van der Waals surface area contributed by atoms with Crippen LogP contribution in [0.5, 0.6) is 17.2 Å². The van der Waals surface area contributed by atoms with E-state index in [9.17, 15) is 9.46 Å². The van der Waals surface area contributed by atoms with Crippen LogP contribution in [0.25, 0.3) is 0 Å². The van der Waals surface area contributed by atoms with E-state index >= 15 is 0 Å². The van der Waals surface area contributed by atoms with Crippen LogP contribution in [0.3, 0.4) is 0 Å². The third kappa shape index (κ3) is 2.95. The highest BCUT2D eigenvalue weighted by Gasteiger charge is 2.30. The molecule has 0 amide bonds. The van der Waals surface area contributed by atoms with Gasteiger partial charge in [0.2, 0.25) is 0 Å². The maximum absolute atomic E-state index is 12.4. The van der Waals surface area contributed by atoms with Gasteiger partial charge in [0.15, 0.2) is 11.5 Å². The van der Waals surface area contributed by atoms with E-state index in [1.54, 1.807) is 42.5 Å². The minimum atomic E-state index is -4.07. The first-order valence-electron chi connectivity index (χ1n) is 5.87. The van der Waals surface area contributed by atoms with Gasteiger partial charge in [-0.1, -0.05) is 24.3 Å². The van der Waals surface area contributed by atoms with Crippen LogP contribution in [0.15, 0.2) is 48.5 Å². The fourth-order valence-electron chi connectivity index (χ4n) is 1.77. The van der Waals surface area contributed by atoms with Crippen LogP contribution in [0.1, 0.15) is 0 Å². The second-order valence-corrected chi connectivity index (χ2v) is 5.64. The summed E-state index contributed by atoms with van der Waals surface area (Å²) in [5.41, 5.74) is 0. The Labute approximate surface area is 117 Å². The molecule has 0 saturated heterocycles. The van der Waals surface area contributed by atoms with Crippen LogP contribution in [-0.2, 0) is 4.57 Å². The number of hydrogen-bond acceptors (Lipinski definition) is 4. The van der Waals surface area contributed by atoms with Crippen LogP contribution in [0.2, 0.25) is 0 Å². The highest BCUT2D eigenvalue weighted by molar-refractivity contribution is 7.61. The molecule has 0 radical (unpaired) electrons. The molecule has 2 aromatic rings. The molecule has 0 bridgehead atoms. The van der Waals surface area contributed by atoms with Crippen LogP contribution < -0.4 is 19.3 Å². The Morgan fingerprint density at radius 3 is 2.25 bits per heavy atom. The van der Waals surface area contributed by atoms with Crippen molar-refractivity contribution in [2.75, 3.05) is 14.2 Å². The minimum Gasteiger partial charge on any atom is -0.493 e. The van der Waals surface area contributed by atoms with E-state index in [1.807, 2.05) is 0 Å². The van der Waals surface area contributed by atoms with Crippen LogP contribution in [0.4, 0.5) is 0 Å². The lowest BCUT2D eigenvalue weighted by Crippen LogP contribution is -2.13. The van der Waals surface area contributed by atoms with Crippen molar-refractivity contribution < 1.29 is 23.5 Å². The molecule has 0 aliphatic carbocycles. The van der Waals surface area contributed by atoms with Crippen molar-refractivity contribution in [1.29, 1.82) is 0 Å². The lowest BCUT2D eigenvalue weighted by molar-refractivity contribution is 0.352. The summed E-state index contributed by atoms with van der Waals surface area (Å²) in [6.07, 6.45) is 0. The standard InChI is InChI=1S/C14H15O5P/c1-17-12-9-6-10-13(14(12)18-2)20(15,16)19-11-7-4-3-5-8-11/h3-10H,1-2H3,(H,15,16). The summed E-state index contributed by atoms with van der Waals surface area (Å²) >= 11 is 0. The van der Waals surface area contributed by atoms with Gasteiger partial charge in [-0.25, -0.2) is 4.57 Å². The predicted octanol–water partition coefficient (Wildman–Crippen LogP) is 2.59. The summed E-state index contributed by atoms with van der Waals surface area (Å²) in [5.74, 6) is 0.871. The quantitative estimate of drug-likeness (QED) is 0.859. The molecule has 6 heteroatoms. The molecule has 0 heterocycles. The SMILES string of the molecule is COc1cccc(P(=O)(O)Oc2ccccc2)c1OC. The average Bonchev–Trinajstić information content (AvgIpc) is 2.46. The molecule has 106 valence electrons. The van der Waals surface area contributed by atoms with Crippen LogP contribution in [0, 0.1) is 0 Å². The summed E-state index contributed by atoms with van der Waals surface area (Å²) in [4.78, 5) is 10.2. The molecule has 5 nitrogen and oxygen atoms in total. The summed E-state index contributed by atoms with van der Waals surface area (Å²) in [7, 11) is -1.20. The van der Waals surface area contributed by atoms with E-state index in [4.69, 9.17) is 14.0 Å². The maximum atomic E-state index is 12.4. The molecule has 0 aliphatic rings. The molecule has 0 aromatic heterocycles. The minimum absolute atomic E-state index is 0.0585.